The molecule has 1 heterocycles. The molecule has 1 unspecified atom stereocenters. The van der Waals surface area contributed by atoms with Gasteiger partial charge in [0, 0.05) is 31.8 Å². The fourth-order valence-corrected chi connectivity index (χ4v) is 4.56. The molecule has 1 aromatic rings. The zero-order valence-corrected chi connectivity index (χ0v) is 16.9. The van der Waals surface area contributed by atoms with Gasteiger partial charge in [-0.3, -0.25) is 4.79 Å². The van der Waals surface area contributed by atoms with Crippen molar-refractivity contribution >= 4 is 27.5 Å². The van der Waals surface area contributed by atoms with Crippen LogP contribution in [-0.2, 0) is 14.8 Å². The topological polar surface area (TPSA) is 75.7 Å². The summed E-state index contributed by atoms with van der Waals surface area (Å²) < 4.78 is 33.2. The highest BCUT2D eigenvalue weighted by atomic mass is 35.5. The highest BCUT2D eigenvalue weighted by molar-refractivity contribution is 7.89. The Balaban J connectivity index is 2.20. The van der Waals surface area contributed by atoms with Gasteiger partial charge in [0.15, 0.2) is 0 Å². The van der Waals surface area contributed by atoms with E-state index in [0.717, 1.165) is 25.7 Å². The van der Waals surface area contributed by atoms with E-state index in [9.17, 15) is 13.2 Å². The summed E-state index contributed by atoms with van der Waals surface area (Å²) in [6, 6.07) is 4.40. The SMILES string of the molecule is CCCN(CCC)C(=O)c1ccc(Cl)c(S(=O)(=O)NCC2CCCO2)c1. The predicted molar refractivity (Wildman–Crippen MR) is 102 cm³/mol. The Morgan fingerprint density at radius 3 is 2.58 bits per heavy atom. The Morgan fingerprint density at radius 2 is 2.00 bits per heavy atom. The van der Waals surface area contributed by atoms with Crippen molar-refractivity contribution < 1.29 is 17.9 Å². The number of sulfonamides is 1. The molecule has 146 valence electrons. The van der Waals surface area contributed by atoms with Gasteiger partial charge in [-0.2, -0.15) is 0 Å². The molecule has 1 fully saturated rings. The van der Waals surface area contributed by atoms with Crippen LogP contribution in [-0.4, -0.2) is 51.6 Å². The van der Waals surface area contributed by atoms with Gasteiger partial charge in [0.25, 0.3) is 5.91 Å². The highest BCUT2D eigenvalue weighted by Crippen LogP contribution is 2.24. The van der Waals surface area contributed by atoms with Gasteiger partial charge in [-0.05, 0) is 43.9 Å². The molecular formula is C18H27ClN2O4S. The number of halogens is 1. The Kier molecular flexibility index (Phi) is 7.88. The van der Waals surface area contributed by atoms with Crippen molar-refractivity contribution in [2.45, 2.75) is 50.5 Å². The quantitative estimate of drug-likeness (QED) is 0.688. The fourth-order valence-electron chi connectivity index (χ4n) is 2.97. The van der Waals surface area contributed by atoms with Crippen LogP contribution in [0.3, 0.4) is 0 Å². The van der Waals surface area contributed by atoms with E-state index >= 15 is 0 Å². The van der Waals surface area contributed by atoms with Gasteiger partial charge in [-0.1, -0.05) is 25.4 Å². The molecular weight excluding hydrogens is 376 g/mol. The maximum absolute atomic E-state index is 12.7. The number of nitrogens with one attached hydrogen (secondary N) is 1. The van der Waals surface area contributed by atoms with Crippen LogP contribution < -0.4 is 4.72 Å². The Labute approximate surface area is 160 Å². The molecule has 26 heavy (non-hydrogen) atoms. The molecule has 2 rings (SSSR count). The van der Waals surface area contributed by atoms with Crippen molar-refractivity contribution in [1.29, 1.82) is 0 Å². The lowest BCUT2D eigenvalue weighted by molar-refractivity contribution is 0.0755. The van der Waals surface area contributed by atoms with Crippen LogP contribution in [0, 0.1) is 0 Å². The first-order valence-corrected chi connectivity index (χ1v) is 10.9. The average Bonchev–Trinajstić information content (AvgIpc) is 3.13. The molecule has 1 aliphatic heterocycles. The van der Waals surface area contributed by atoms with Crippen molar-refractivity contribution in [2.24, 2.45) is 0 Å². The summed E-state index contributed by atoms with van der Waals surface area (Å²) in [4.78, 5) is 14.4. The number of carbonyl (C=O) groups is 1. The fraction of sp³-hybridized carbons (Fsp3) is 0.611. The van der Waals surface area contributed by atoms with Crippen molar-refractivity contribution in [3.8, 4) is 0 Å². The largest absolute Gasteiger partial charge is 0.377 e. The maximum atomic E-state index is 12.7. The van der Waals surface area contributed by atoms with Gasteiger partial charge in [-0.25, -0.2) is 13.1 Å². The molecule has 0 bridgehead atoms. The lowest BCUT2D eigenvalue weighted by Gasteiger charge is -2.22. The Morgan fingerprint density at radius 1 is 1.31 bits per heavy atom. The van der Waals surface area contributed by atoms with Gasteiger partial charge in [-0.15, -0.1) is 0 Å². The molecule has 1 saturated heterocycles. The van der Waals surface area contributed by atoms with Crippen LogP contribution in [0.25, 0.3) is 0 Å². The molecule has 1 aliphatic rings. The molecule has 1 atom stereocenters. The molecule has 0 radical (unpaired) electrons. The van der Waals surface area contributed by atoms with E-state index < -0.39 is 10.0 Å². The third-order valence-electron chi connectivity index (χ3n) is 4.27. The first-order valence-electron chi connectivity index (χ1n) is 9.09. The van der Waals surface area contributed by atoms with Crippen LogP contribution in [0.4, 0.5) is 0 Å². The van der Waals surface area contributed by atoms with Crippen LogP contribution in [0.5, 0.6) is 0 Å². The van der Waals surface area contributed by atoms with Gasteiger partial charge in [0.1, 0.15) is 4.90 Å². The van der Waals surface area contributed by atoms with Crippen LogP contribution in [0.15, 0.2) is 23.1 Å². The third-order valence-corrected chi connectivity index (χ3v) is 6.17. The highest BCUT2D eigenvalue weighted by Gasteiger charge is 2.24. The molecule has 0 aliphatic carbocycles. The molecule has 8 heteroatoms. The number of rotatable bonds is 9. The second-order valence-electron chi connectivity index (χ2n) is 6.42. The monoisotopic (exact) mass is 402 g/mol. The number of ether oxygens (including phenoxy) is 1. The van der Waals surface area contributed by atoms with E-state index in [-0.39, 0.29) is 28.5 Å². The van der Waals surface area contributed by atoms with Crippen molar-refractivity contribution in [1.82, 2.24) is 9.62 Å². The van der Waals surface area contributed by atoms with E-state index in [1.165, 1.54) is 12.1 Å². The van der Waals surface area contributed by atoms with E-state index in [2.05, 4.69) is 4.72 Å². The van der Waals surface area contributed by atoms with Crippen molar-refractivity contribution in [3.05, 3.63) is 28.8 Å². The standard InChI is InChI=1S/C18H27ClN2O4S/c1-3-9-21(10-4-2)18(22)14-7-8-16(19)17(12-14)26(23,24)20-13-15-6-5-11-25-15/h7-8,12,15,20H,3-6,9-11,13H2,1-2H3. The summed E-state index contributed by atoms with van der Waals surface area (Å²) in [5.74, 6) is -0.180. The number of amides is 1. The molecule has 1 N–H and O–H groups in total. The summed E-state index contributed by atoms with van der Waals surface area (Å²) in [6.45, 7) is 6.13. The summed E-state index contributed by atoms with van der Waals surface area (Å²) >= 11 is 6.11. The molecule has 0 aromatic heterocycles. The number of benzene rings is 1. The van der Waals surface area contributed by atoms with Crippen molar-refractivity contribution in [2.75, 3.05) is 26.2 Å². The van der Waals surface area contributed by atoms with E-state index in [4.69, 9.17) is 16.3 Å². The second-order valence-corrected chi connectivity index (χ2v) is 8.57. The zero-order valence-electron chi connectivity index (χ0n) is 15.3. The summed E-state index contributed by atoms with van der Waals surface area (Å²) in [5.41, 5.74) is 0.328. The van der Waals surface area contributed by atoms with E-state index in [1.807, 2.05) is 13.8 Å². The number of hydrogen-bond acceptors (Lipinski definition) is 4. The van der Waals surface area contributed by atoms with E-state index in [1.54, 1.807) is 11.0 Å². The number of hydrogen-bond donors (Lipinski definition) is 1. The zero-order chi connectivity index (χ0) is 19.2. The smallest absolute Gasteiger partial charge is 0.253 e. The minimum absolute atomic E-state index is 0.0732. The first-order chi connectivity index (χ1) is 12.4. The first kappa shape index (κ1) is 21.2. The number of carbonyl (C=O) groups excluding carboxylic acids is 1. The number of nitrogens with zero attached hydrogens (tertiary/aromatic N) is 1. The molecule has 0 spiro atoms. The molecule has 1 amide bonds. The Hall–Kier alpha value is -1.15. The minimum atomic E-state index is -3.82. The molecule has 6 nitrogen and oxygen atoms in total. The molecule has 1 aromatic carbocycles. The van der Waals surface area contributed by atoms with Gasteiger partial charge in [0.05, 0.1) is 11.1 Å². The third kappa shape index (κ3) is 5.42. The summed E-state index contributed by atoms with van der Waals surface area (Å²) in [5, 5.41) is 0.0962. The van der Waals surface area contributed by atoms with Crippen LogP contribution >= 0.6 is 11.6 Å². The molecule has 0 saturated carbocycles. The average molecular weight is 403 g/mol. The summed E-state index contributed by atoms with van der Waals surface area (Å²) in [6.07, 6.45) is 3.33. The van der Waals surface area contributed by atoms with Gasteiger partial charge >= 0.3 is 0 Å². The summed E-state index contributed by atoms with van der Waals surface area (Å²) in [7, 11) is -3.82. The lowest BCUT2D eigenvalue weighted by Crippen LogP contribution is -2.33. The predicted octanol–water partition coefficient (Wildman–Crippen LogP) is 3.06. The van der Waals surface area contributed by atoms with Crippen LogP contribution in [0.2, 0.25) is 5.02 Å². The maximum Gasteiger partial charge on any atom is 0.253 e. The van der Waals surface area contributed by atoms with Gasteiger partial charge in [0.2, 0.25) is 10.0 Å². The second kappa shape index (κ2) is 9.69. The normalized spacial score (nSPS) is 17.4. The van der Waals surface area contributed by atoms with Gasteiger partial charge < -0.3 is 9.64 Å². The van der Waals surface area contributed by atoms with E-state index in [0.29, 0.717) is 25.3 Å². The Bertz CT molecular complexity index is 712. The minimum Gasteiger partial charge on any atom is -0.377 e. The van der Waals surface area contributed by atoms with Crippen molar-refractivity contribution in [3.63, 3.8) is 0 Å². The lowest BCUT2D eigenvalue weighted by atomic mass is 10.2. The van der Waals surface area contributed by atoms with Crippen LogP contribution in [0.1, 0.15) is 49.9 Å².